The molecule has 0 radical (unpaired) electrons. The lowest BCUT2D eigenvalue weighted by Crippen LogP contribution is -2.00. The standard InChI is InChI=1S/C21H29N/c1-7-9-10-21(17(6)16(5)8-2)18-11-12-20(15(3)4)19(13-18)14-22/h9-13,15-16H,7-8H2,1-6H3/b10-9-,21-17-. The molecule has 1 nitrogen and oxygen atoms in total. The fourth-order valence-corrected chi connectivity index (χ4v) is 2.59. The Kier molecular flexibility index (Phi) is 7.12. The Balaban J connectivity index is 3.45. The summed E-state index contributed by atoms with van der Waals surface area (Å²) in [5.41, 5.74) is 5.75. The first-order chi connectivity index (χ1) is 10.5. The van der Waals surface area contributed by atoms with Crippen LogP contribution in [0, 0.1) is 17.2 Å². The Bertz CT molecular complexity index is 597. The highest BCUT2D eigenvalue weighted by molar-refractivity contribution is 5.77. The highest BCUT2D eigenvalue weighted by Gasteiger charge is 2.12. The molecule has 0 aliphatic rings. The lowest BCUT2D eigenvalue weighted by Gasteiger charge is -2.16. The lowest BCUT2D eigenvalue weighted by molar-refractivity contribution is 0.658. The topological polar surface area (TPSA) is 23.8 Å². The number of hydrogen-bond acceptors (Lipinski definition) is 1. The van der Waals surface area contributed by atoms with Crippen molar-refractivity contribution in [3.05, 3.63) is 52.6 Å². The van der Waals surface area contributed by atoms with Crippen LogP contribution >= 0.6 is 0 Å². The lowest BCUT2D eigenvalue weighted by atomic mass is 9.88. The van der Waals surface area contributed by atoms with E-state index < -0.39 is 0 Å². The Morgan fingerprint density at radius 2 is 1.91 bits per heavy atom. The van der Waals surface area contributed by atoms with Crippen molar-refractivity contribution in [1.29, 1.82) is 5.26 Å². The second-order valence-electron chi connectivity index (χ2n) is 6.29. The molecule has 118 valence electrons. The Labute approximate surface area is 136 Å². The molecule has 0 amide bonds. The predicted octanol–water partition coefficient (Wildman–Crippen LogP) is 6.47. The summed E-state index contributed by atoms with van der Waals surface area (Å²) < 4.78 is 0. The van der Waals surface area contributed by atoms with E-state index in [1.165, 1.54) is 11.1 Å². The third-order valence-corrected chi connectivity index (χ3v) is 4.40. The van der Waals surface area contributed by atoms with Crippen LogP contribution in [0.5, 0.6) is 0 Å². The monoisotopic (exact) mass is 295 g/mol. The van der Waals surface area contributed by atoms with E-state index in [1.54, 1.807) is 0 Å². The van der Waals surface area contributed by atoms with E-state index in [9.17, 15) is 5.26 Å². The second-order valence-corrected chi connectivity index (χ2v) is 6.29. The molecule has 0 saturated heterocycles. The van der Waals surface area contributed by atoms with Gasteiger partial charge in [-0.2, -0.15) is 5.26 Å². The Morgan fingerprint density at radius 3 is 2.41 bits per heavy atom. The van der Waals surface area contributed by atoms with Gasteiger partial charge < -0.3 is 0 Å². The minimum Gasteiger partial charge on any atom is -0.192 e. The zero-order valence-electron chi connectivity index (χ0n) is 14.9. The Hall–Kier alpha value is -1.81. The van der Waals surface area contributed by atoms with Crippen molar-refractivity contribution in [1.82, 2.24) is 0 Å². The zero-order valence-corrected chi connectivity index (χ0v) is 14.9. The van der Waals surface area contributed by atoms with E-state index in [1.807, 2.05) is 0 Å². The fraction of sp³-hybridized carbons (Fsp3) is 0.476. The van der Waals surface area contributed by atoms with Crippen LogP contribution in [0.3, 0.4) is 0 Å². The first kappa shape index (κ1) is 18.2. The van der Waals surface area contributed by atoms with Gasteiger partial charge in [-0.15, -0.1) is 0 Å². The van der Waals surface area contributed by atoms with Crippen molar-refractivity contribution in [2.75, 3.05) is 0 Å². The molecular weight excluding hydrogens is 266 g/mol. The molecule has 0 bridgehead atoms. The molecule has 1 rings (SSSR count). The van der Waals surface area contributed by atoms with Gasteiger partial charge in [-0.05, 0) is 54.4 Å². The van der Waals surface area contributed by atoms with Crippen molar-refractivity contribution < 1.29 is 0 Å². The molecule has 0 aliphatic carbocycles. The van der Waals surface area contributed by atoms with E-state index in [0.717, 1.165) is 29.5 Å². The molecule has 1 aromatic carbocycles. The predicted molar refractivity (Wildman–Crippen MR) is 96.7 cm³/mol. The normalized spacial score (nSPS) is 14.1. The van der Waals surface area contributed by atoms with Crippen molar-refractivity contribution in [2.45, 2.75) is 60.3 Å². The third kappa shape index (κ3) is 4.34. The maximum Gasteiger partial charge on any atom is 0.0994 e. The molecule has 1 atom stereocenters. The quantitative estimate of drug-likeness (QED) is 0.552. The number of benzene rings is 1. The summed E-state index contributed by atoms with van der Waals surface area (Å²) in [6, 6.07) is 8.69. The van der Waals surface area contributed by atoms with E-state index in [0.29, 0.717) is 11.8 Å². The van der Waals surface area contributed by atoms with Crippen LogP contribution in [-0.2, 0) is 0 Å². The summed E-state index contributed by atoms with van der Waals surface area (Å²) in [5, 5.41) is 9.46. The van der Waals surface area contributed by atoms with Gasteiger partial charge in [0.2, 0.25) is 0 Å². The Morgan fingerprint density at radius 1 is 1.23 bits per heavy atom. The summed E-state index contributed by atoms with van der Waals surface area (Å²) in [6.45, 7) is 13.1. The maximum atomic E-state index is 9.46. The smallest absolute Gasteiger partial charge is 0.0994 e. The van der Waals surface area contributed by atoms with E-state index in [-0.39, 0.29) is 0 Å². The van der Waals surface area contributed by atoms with Gasteiger partial charge in [-0.3, -0.25) is 0 Å². The van der Waals surface area contributed by atoms with Gasteiger partial charge in [0, 0.05) is 0 Å². The average molecular weight is 295 g/mol. The number of allylic oxidation sites excluding steroid dienone is 4. The number of hydrogen-bond donors (Lipinski definition) is 0. The van der Waals surface area contributed by atoms with Crippen LogP contribution in [0.1, 0.15) is 77.0 Å². The van der Waals surface area contributed by atoms with E-state index >= 15 is 0 Å². The van der Waals surface area contributed by atoms with Crippen LogP contribution in [0.2, 0.25) is 0 Å². The average Bonchev–Trinajstić information content (AvgIpc) is 2.53. The van der Waals surface area contributed by atoms with Crippen LogP contribution < -0.4 is 0 Å². The van der Waals surface area contributed by atoms with Gasteiger partial charge in [-0.25, -0.2) is 0 Å². The van der Waals surface area contributed by atoms with Crippen LogP contribution in [0.15, 0.2) is 35.9 Å². The van der Waals surface area contributed by atoms with Crippen LogP contribution in [-0.4, -0.2) is 0 Å². The van der Waals surface area contributed by atoms with Gasteiger partial charge in [0.1, 0.15) is 0 Å². The highest BCUT2D eigenvalue weighted by atomic mass is 14.3. The minimum atomic E-state index is 0.373. The molecule has 0 N–H and O–H groups in total. The molecule has 1 aromatic rings. The molecule has 0 saturated carbocycles. The summed E-state index contributed by atoms with van der Waals surface area (Å²) in [7, 11) is 0. The van der Waals surface area contributed by atoms with Gasteiger partial charge in [0.25, 0.3) is 0 Å². The molecule has 0 fully saturated rings. The van der Waals surface area contributed by atoms with Crippen LogP contribution in [0.4, 0.5) is 0 Å². The van der Waals surface area contributed by atoms with Gasteiger partial charge >= 0.3 is 0 Å². The zero-order chi connectivity index (χ0) is 16.7. The second kappa shape index (κ2) is 8.59. The first-order valence-electron chi connectivity index (χ1n) is 8.37. The number of rotatable bonds is 6. The van der Waals surface area contributed by atoms with Crippen LogP contribution in [0.25, 0.3) is 5.57 Å². The summed E-state index contributed by atoms with van der Waals surface area (Å²) in [5.74, 6) is 0.921. The maximum absolute atomic E-state index is 9.46. The molecule has 0 aromatic heterocycles. The van der Waals surface area contributed by atoms with Gasteiger partial charge in [0.15, 0.2) is 0 Å². The molecule has 22 heavy (non-hydrogen) atoms. The highest BCUT2D eigenvalue weighted by Crippen LogP contribution is 2.29. The fourth-order valence-electron chi connectivity index (χ4n) is 2.59. The summed E-state index contributed by atoms with van der Waals surface area (Å²) in [4.78, 5) is 0. The molecule has 1 heteroatoms. The molecule has 0 aliphatic heterocycles. The summed E-state index contributed by atoms with van der Waals surface area (Å²) in [6.07, 6.45) is 6.56. The molecule has 0 spiro atoms. The minimum absolute atomic E-state index is 0.373. The van der Waals surface area contributed by atoms with Crippen molar-refractivity contribution in [2.24, 2.45) is 5.92 Å². The number of nitriles is 1. The van der Waals surface area contributed by atoms with E-state index in [4.69, 9.17) is 0 Å². The number of nitrogens with zero attached hydrogens (tertiary/aromatic N) is 1. The summed E-state index contributed by atoms with van der Waals surface area (Å²) >= 11 is 0. The molecular formula is C21H29N. The SMILES string of the molecule is CC/C=C\C(=C(/C)C(C)CC)c1ccc(C(C)C)c(C#N)c1. The van der Waals surface area contributed by atoms with Crippen molar-refractivity contribution in [3.8, 4) is 6.07 Å². The molecule has 0 heterocycles. The van der Waals surface area contributed by atoms with Gasteiger partial charge in [-0.1, -0.05) is 64.5 Å². The van der Waals surface area contributed by atoms with Crippen molar-refractivity contribution >= 4 is 5.57 Å². The largest absolute Gasteiger partial charge is 0.192 e. The van der Waals surface area contributed by atoms with Crippen molar-refractivity contribution in [3.63, 3.8) is 0 Å². The van der Waals surface area contributed by atoms with E-state index in [2.05, 4.69) is 78.0 Å². The third-order valence-electron chi connectivity index (χ3n) is 4.40. The van der Waals surface area contributed by atoms with Gasteiger partial charge in [0.05, 0.1) is 11.6 Å². The first-order valence-corrected chi connectivity index (χ1v) is 8.37. The molecule has 1 unspecified atom stereocenters.